The summed E-state index contributed by atoms with van der Waals surface area (Å²) in [4.78, 5) is 3.26. The molecular weight excluding hydrogens is 212 g/mol. The van der Waals surface area contributed by atoms with E-state index in [-0.39, 0.29) is 6.61 Å². The molecule has 0 radical (unpaired) electrons. The third-order valence-corrected chi connectivity index (χ3v) is 2.59. The smallest absolute Gasteiger partial charge is 0.0702 e. The Morgan fingerprint density at radius 3 is 2.87 bits per heavy atom. The van der Waals surface area contributed by atoms with Crippen LogP contribution in [-0.2, 0) is 13.2 Å². The highest BCUT2D eigenvalue weighted by Gasteiger charge is 2.06. The quantitative estimate of drug-likeness (QED) is 0.747. The van der Waals surface area contributed by atoms with Gasteiger partial charge in [0.05, 0.1) is 12.1 Å². The van der Waals surface area contributed by atoms with E-state index in [4.69, 9.17) is 11.6 Å². The van der Waals surface area contributed by atoms with Crippen molar-refractivity contribution in [2.24, 2.45) is 0 Å². The summed E-state index contributed by atoms with van der Waals surface area (Å²) in [6, 6.07) is 5.71. The first kappa shape index (κ1) is 10.5. The lowest BCUT2D eigenvalue weighted by Gasteiger charge is -1.99. The number of rotatable bonds is 3. The van der Waals surface area contributed by atoms with E-state index in [9.17, 15) is 5.11 Å². The van der Waals surface area contributed by atoms with Gasteiger partial charge in [-0.05, 0) is 25.2 Å². The molecule has 0 amide bonds. The molecule has 0 unspecified atom stereocenters. The molecule has 0 fully saturated rings. The monoisotopic (exact) mass is 224 g/mol. The lowest BCUT2D eigenvalue weighted by molar-refractivity contribution is 0.283. The number of fused-ring (bicyclic) bond motifs is 1. The van der Waals surface area contributed by atoms with Crippen molar-refractivity contribution in [1.29, 1.82) is 0 Å². The van der Waals surface area contributed by atoms with Gasteiger partial charge < -0.3 is 15.4 Å². The van der Waals surface area contributed by atoms with Gasteiger partial charge in [-0.25, -0.2) is 0 Å². The Morgan fingerprint density at radius 1 is 1.40 bits per heavy atom. The maximum atomic E-state index is 9.20. The third-order valence-electron chi connectivity index (χ3n) is 2.37. The van der Waals surface area contributed by atoms with Gasteiger partial charge in [-0.2, -0.15) is 0 Å². The number of H-pyrrole nitrogens is 1. The number of hydrogen-bond donors (Lipinski definition) is 3. The van der Waals surface area contributed by atoms with Crippen molar-refractivity contribution in [2.45, 2.75) is 13.2 Å². The van der Waals surface area contributed by atoms with Crippen LogP contribution in [0.3, 0.4) is 0 Å². The number of aliphatic hydroxyl groups excluding tert-OH is 1. The van der Waals surface area contributed by atoms with Crippen molar-refractivity contribution < 1.29 is 5.11 Å². The molecule has 0 bridgehead atoms. The fraction of sp³-hybridized carbons (Fsp3) is 0.273. The minimum absolute atomic E-state index is 0.00341. The Hall–Kier alpha value is -1.03. The first-order valence-corrected chi connectivity index (χ1v) is 5.18. The van der Waals surface area contributed by atoms with Crippen LogP contribution in [0.1, 0.15) is 11.3 Å². The zero-order valence-electron chi connectivity index (χ0n) is 8.47. The van der Waals surface area contributed by atoms with E-state index < -0.39 is 0 Å². The summed E-state index contributed by atoms with van der Waals surface area (Å²) in [6.07, 6.45) is 0. The maximum Gasteiger partial charge on any atom is 0.0702 e. The number of hydrogen-bond acceptors (Lipinski definition) is 2. The highest BCUT2D eigenvalue weighted by atomic mass is 35.5. The van der Waals surface area contributed by atoms with E-state index in [1.165, 1.54) is 0 Å². The van der Waals surface area contributed by atoms with Crippen LogP contribution in [0, 0.1) is 0 Å². The van der Waals surface area contributed by atoms with Gasteiger partial charge in [0.2, 0.25) is 0 Å². The Bertz CT molecular complexity index is 479. The van der Waals surface area contributed by atoms with Crippen LogP contribution in [-0.4, -0.2) is 17.1 Å². The normalized spacial score (nSPS) is 11.1. The molecule has 15 heavy (non-hydrogen) atoms. The Kier molecular flexibility index (Phi) is 2.95. The molecule has 0 aliphatic carbocycles. The number of halogens is 1. The lowest BCUT2D eigenvalue weighted by atomic mass is 10.1. The van der Waals surface area contributed by atoms with Crippen molar-refractivity contribution in [3.05, 3.63) is 34.5 Å². The number of aromatic amines is 1. The molecule has 0 saturated carbocycles. The van der Waals surface area contributed by atoms with Gasteiger partial charge in [0.25, 0.3) is 0 Å². The van der Waals surface area contributed by atoms with Crippen LogP contribution in [0.25, 0.3) is 10.9 Å². The van der Waals surface area contributed by atoms with Gasteiger partial charge in [-0.1, -0.05) is 11.6 Å². The first-order valence-electron chi connectivity index (χ1n) is 4.80. The molecule has 1 aromatic carbocycles. The summed E-state index contributed by atoms with van der Waals surface area (Å²) in [5, 5.41) is 14.0. The molecule has 1 heterocycles. The molecular formula is C11H13ClN2O. The third kappa shape index (κ3) is 2.00. The lowest BCUT2D eigenvalue weighted by Crippen LogP contribution is -2.04. The SMILES string of the molecule is CNCc1cc2cc(Cl)cc(CO)c2[nH]1. The zero-order chi connectivity index (χ0) is 10.8. The fourth-order valence-corrected chi connectivity index (χ4v) is 2.00. The molecule has 4 heteroatoms. The highest BCUT2D eigenvalue weighted by Crippen LogP contribution is 2.24. The van der Waals surface area contributed by atoms with Crippen LogP contribution in [0.15, 0.2) is 18.2 Å². The first-order chi connectivity index (χ1) is 7.24. The molecule has 3 N–H and O–H groups in total. The minimum Gasteiger partial charge on any atom is -0.392 e. The molecule has 3 nitrogen and oxygen atoms in total. The molecule has 2 aromatic rings. The van der Waals surface area contributed by atoms with Crippen LogP contribution in [0.5, 0.6) is 0 Å². The minimum atomic E-state index is -0.00341. The van der Waals surface area contributed by atoms with E-state index in [1.54, 1.807) is 6.07 Å². The summed E-state index contributed by atoms with van der Waals surface area (Å²) >= 11 is 5.95. The average Bonchev–Trinajstić information content (AvgIpc) is 2.59. The van der Waals surface area contributed by atoms with E-state index in [0.717, 1.165) is 28.7 Å². The van der Waals surface area contributed by atoms with Crippen LogP contribution >= 0.6 is 11.6 Å². The predicted molar refractivity (Wildman–Crippen MR) is 62.0 cm³/mol. The molecule has 0 atom stereocenters. The van der Waals surface area contributed by atoms with Crippen molar-refractivity contribution in [1.82, 2.24) is 10.3 Å². The predicted octanol–water partition coefficient (Wildman–Crippen LogP) is 2.03. The van der Waals surface area contributed by atoms with Gasteiger partial charge in [0.15, 0.2) is 0 Å². The largest absolute Gasteiger partial charge is 0.392 e. The Morgan fingerprint density at radius 2 is 2.20 bits per heavy atom. The van der Waals surface area contributed by atoms with Gasteiger partial charge in [0, 0.05) is 28.2 Å². The van der Waals surface area contributed by atoms with Gasteiger partial charge in [-0.15, -0.1) is 0 Å². The van der Waals surface area contributed by atoms with Crippen molar-refractivity contribution in [3.8, 4) is 0 Å². The second-order valence-electron chi connectivity index (χ2n) is 3.51. The molecule has 0 aliphatic heterocycles. The van der Waals surface area contributed by atoms with Gasteiger partial charge in [-0.3, -0.25) is 0 Å². The summed E-state index contributed by atoms with van der Waals surface area (Å²) in [5.74, 6) is 0. The second-order valence-corrected chi connectivity index (χ2v) is 3.95. The standard InChI is InChI=1S/C11H13ClN2O/c1-13-5-10-4-7-2-9(12)3-8(6-15)11(7)14-10/h2-4,13-15H,5-6H2,1H3. The summed E-state index contributed by atoms with van der Waals surface area (Å²) in [7, 11) is 1.89. The Balaban J connectivity index is 2.58. The van der Waals surface area contributed by atoms with Crippen LogP contribution in [0.4, 0.5) is 0 Å². The van der Waals surface area contributed by atoms with Crippen LogP contribution < -0.4 is 5.32 Å². The molecule has 80 valence electrons. The summed E-state index contributed by atoms with van der Waals surface area (Å²) in [5.41, 5.74) is 2.89. The number of benzene rings is 1. The molecule has 2 rings (SSSR count). The number of nitrogens with one attached hydrogen (secondary N) is 2. The van der Waals surface area contributed by atoms with Crippen molar-refractivity contribution >= 4 is 22.5 Å². The van der Waals surface area contributed by atoms with E-state index in [1.807, 2.05) is 19.2 Å². The fourth-order valence-electron chi connectivity index (χ4n) is 1.75. The van der Waals surface area contributed by atoms with E-state index in [2.05, 4.69) is 10.3 Å². The maximum absolute atomic E-state index is 9.20. The zero-order valence-corrected chi connectivity index (χ0v) is 9.23. The molecule has 1 aromatic heterocycles. The van der Waals surface area contributed by atoms with E-state index >= 15 is 0 Å². The van der Waals surface area contributed by atoms with Gasteiger partial charge in [0.1, 0.15) is 0 Å². The van der Waals surface area contributed by atoms with Crippen molar-refractivity contribution in [2.75, 3.05) is 7.05 Å². The average molecular weight is 225 g/mol. The second kappa shape index (κ2) is 4.23. The van der Waals surface area contributed by atoms with Crippen molar-refractivity contribution in [3.63, 3.8) is 0 Å². The number of aliphatic hydroxyl groups is 1. The van der Waals surface area contributed by atoms with Gasteiger partial charge >= 0.3 is 0 Å². The molecule has 0 saturated heterocycles. The molecule has 0 aliphatic rings. The van der Waals surface area contributed by atoms with Crippen LogP contribution in [0.2, 0.25) is 5.02 Å². The summed E-state index contributed by atoms with van der Waals surface area (Å²) < 4.78 is 0. The van der Waals surface area contributed by atoms with E-state index in [0.29, 0.717) is 5.02 Å². The highest BCUT2D eigenvalue weighted by molar-refractivity contribution is 6.31. The molecule has 0 spiro atoms. The number of aromatic nitrogens is 1. The topological polar surface area (TPSA) is 48.0 Å². The summed E-state index contributed by atoms with van der Waals surface area (Å²) in [6.45, 7) is 0.772. The Labute approximate surface area is 93.1 Å².